The lowest BCUT2D eigenvalue weighted by Gasteiger charge is -2.09. The van der Waals surface area contributed by atoms with Gasteiger partial charge in [-0.25, -0.2) is 4.68 Å². The standard InChI is InChI=1S/C12H15F3N4/c1-4-8-6-7(3)19(18-8)10-9(5-2)16-17-11(10)12(13,14)15/h6H,4-5H2,1-3H3,(H,16,17). The van der Waals surface area contributed by atoms with Crippen LogP contribution in [0.2, 0.25) is 0 Å². The third kappa shape index (κ3) is 2.36. The molecular formula is C12H15F3N4. The first-order chi connectivity index (χ1) is 8.88. The molecule has 0 aliphatic rings. The Kier molecular flexibility index (Phi) is 3.38. The summed E-state index contributed by atoms with van der Waals surface area (Å²) < 4.78 is 40.3. The van der Waals surface area contributed by atoms with Crippen molar-refractivity contribution >= 4 is 0 Å². The Morgan fingerprint density at radius 1 is 1.26 bits per heavy atom. The van der Waals surface area contributed by atoms with Crippen molar-refractivity contribution in [2.75, 3.05) is 0 Å². The van der Waals surface area contributed by atoms with Crippen LogP contribution in [0.4, 0.5) is 13.2 Å². The van der Waals surface area contributed by atoms with Crippen molar-refractivity contribution < 1.29 is 13.2 Å². The molecule has 0 aromatic carbocycles. The number of nitrogens with one attached hydrogen (secondary N) is 1. The Balaban J connectivity index is 2.65. The van der Waals surface area contributed by atoms with E-state index in [4.69, 9.17) is 0 Å². The summed E-state index contributed by atoms with van der Waals surface area (Å²) in [6.45, 7) is 5.42. The summed E-state index contributed by atoms with van der Waals surface area (Å²) in [6, 6.07) is 1.78. The van der Waals surface area contributed by atoms with Crippen LogP contribution >= 0.6 is 0 Å². The number of H-pyrrole nitrogens is 1. The van der Waals surface area contributed by atoms with E-state index in [1.54, 1.807) is 19.9 Å². The molecule has 4 nitrogen and oxygen atoms in total. The van der Waals surface area contributed by atoms with Crippen LogP contribution in [0, 0.1) is 6.92 Å². The van der Waals surface area contributed by atoms with Crippen molar-refractivity contribution in [2.24, 2.45) is 0 Å². The van der Waals surface area contributed by atoms with Gasteiger partial charge in [0.2, 0.25) is 0 Å². The van der Waals surface area contributed by atoms with Gasteiger partial charge in [0.15, 0.2) is 5.69 Å². The minimum absolute atomic E-state index is 0.00667. The number of nitrogens with zero attached hydrogens (tertiary/aromatic N) is 3. The number of aromatic nitrogens is 4. The maximum Gasteiger partial charge on any atom is 0.437 e. The summed E-state index contributed by atoms with van der Waals surface area (Å²) >= 11 is 0. The van der Waals surface area contributed by atoms with Crippen molar-refractivity contribution in [3.05, 3.63) is 28.8 Å². The van der Waals surface area contributed by atoms with E-state index in [2.05, 4.69) is 15.3 Å². The summed E-state index contributed by atoms with van der Waals surface area (Å²) in [7, 11) is 0. The predicted octanol–water partition coefficient (Wildman–Crippen LogP) is 3.05. The zero-order valence-corrected chi connectivity index (χ0v) is 11.0. The number of rotatable bonds is 3. The van der Waals surface area contributed by atoms with Gasteiger partial charge in [-0.1, -0.05) is 13.8 Å². The van der Waals surface area contributed by atoms with Crippen LogP contribution in [-0.4, -0.2) is 20.0 Å². The molecular weight excluding hydrogens is 257 g/mol. The van der Waals surface area contributed by atoms with E-state index < -0.39 is 11.9 Å². The lowest BCUT2D eigenvalue weighted by Crippen LogP contribution is -2.12. The smallest absolute Gasteiger partial charge is 0.280 e. The molecule has 1 N–H and O–H groups in total. The first-order valence-corrected chi connectivity index (χ1v) is 6.08. The van der Waals surface area contributed by atoms with E-state index in [0.29, 0.717) is 24.2 Å². The van der Waals surface area contributed by atoms with Crippen LogP contribution in [0.25, 0.3) is 5.69 Å². The average Bonchev–Trinajstić information content (AvgIpc) is 2.90. The summed E-state index contributed by atoms with van der Waals surface area (Å²) in [4.78, 5) is 0. The molecule has 0 saturated heterocycles. The SMILES string of the molecule is CCc1cc(C)n(-c2c(C(F)(F)F)n[nH]c2CC)n1. The normalized spacial score (nSPS) is 12.1. The van der Waals surface area contributed by atoms with Gasteiger partial charge >= 0.3 is 6.18 Å². The van der Waals surface area contributed by atoms with Crippen LogP contribution in [0.5, 0.6) is 0 Å². The van der Waals surface area contributed by atoms with E-state index >= 15 is 0 Å². The van der Waals surface area contributed by atoms with Gasteiger partial charge in [-0.05, 0) is 25.8 Å². The number of hydrogen-bond acceptors (Lipinski definition) is 2. The summed E-state index contributed by atoms with van der Waals surface area (Å²) in [5.41, 5.74) is 0.943. The molecule has 0 bridgehead atoms. The maximum absolute atomic E-state index is 13.0. The van der Waals surface area contributed by atoms with Crippen LogP contribution in [0.3, 0.4) is 0 Å². The molecule has 0 radical (unpaired) electrons. The van der Waals surface area contributed by atoms with E-state index in [1.807, 2.05) is 6.92 Å². The van der Waals surface area contributed by atoms with Crippen molar-refractivity contribution in [2.45, 2.75) is 39.8 Å². The summed E-state index contributed by atoms with van der Waals surface area (Å²) in [5.74, 6) is 0. The quantitative estimate of drug-likeness (QED) is 0.933. The highest BCUT2D eigenvalue weighted by Gasteiger charge is 2.39. The predicted molar refractivity (Wildman–Crippen MR) is 64.2 cm³/mol. The Hall–Kier alpha value is -1.79. The second-order valence-electron chi connectivity index (χ2n) is 4.29. The molecule has 2 aromatic rings. The van der Waals surface area contributed by atoms with Crippen molar-refractivity contribution in [3.8, 4) is 5.69 Å². The molecule has 2 heterocycles. The van der Waals surface area contributed by atoms with Gasteiger partial charge in [0.1, 0.15) is 5.69 Å². The van der Waals surface area contributed by atoms with Crippen LogP contribution in [0.1, 0.15) is 36.6 Å². The minimum Gasteiger partial charge on any atom is -0.280 e. The fraction of sp³-hybridized carbons (Fsp3) is 0.500. The Labute approximate surface area is 108 Å². The number of aryl methyl sites for hydroxylation is 3. The van der Waals surface area contributed by atoms with Crippen LogP contribution in [0.15, 0.2) is 6.07 Å². The van der Waals surface area contributed by atoms with E-state index in [-0.39, 0.29) is 5.69 Å². The maximum atomic E-state index is 13.0. The van der Waals surface area contributed by atoms with Gasteiger partial charge in [-0.15, -0.1) is 0 Å². The van der Waals surface area contributed by atoms with E-state index in [0.717, 1.165) is 5.69 Å². The topological polar surface area (TPSA) is 46.5 Å². The third-order valence-corrected chi connectivity index (χ3v) is 2.95. The largest absolute Gasteiger partial charge is 0.437 e. The van der Waals surface area contributed by atoms with Gasteiger partial charge in [-0.2, -0.15) is 23.4 Å². The molecule has 2 rings (SSSR count). The second kappa shape index (κ2) is 4.71. The Morgan fingerprint density at radius 3 is 2.42 bits per heavy atom. The molecule has 2 aromatic heterocycles. The fourth-order valence-electron chi connectivity index (χ4n) is 1.98. The lowest BCUT2D eigenvalue weighted by molar-refractivity contribution is -0.141. The van der Waals surface area contributed by atoms with Crippen molar-refractivity contribution in [1.29, 1.82) is 0 Å². The molecule has 0 saturated carbocycles. The van der Waals surface area contributed by atoms with Crippen LogP contribution < -0.4 is 0 Å². The molecule has 0 aliphatic heterocycles. The van der Waals surface area contributed by atoms with Crippen molar-refractivity contribution in [3.63, 3.8) is 0 Å². The fourth-order valence-corrected chi connectivity index (χ4v) is 1.98. The molecule has 0 fully saturated rings. The van der Waals surface area contributed by atoms with Crippen LogP contribution in [-0.2, 0) is 19.0 Å². The molecule has 0 aliphatic carbocycles. The molecule has 0 unspecified atom stereocenters. The molecule has 104 valence electrons. The minimum atomic E-state index is -4.50. The van der Waals surface area contributed by atoms with E-state index in [1.165, 1.54) is 4.68 Å². The van der Waals surface area contributed by atoms with Gasteiger partial charge in [0.05, 0.1) is 11.4 Å². The zero-order chi connectivity index (χ0) is 14.2. The molecule has 19 heavy (non-hydrogen) atoms. The second-order valence-corrected chi connectivity index (χ2v) is 4.29. The molecule has 0 spiro atoms. The first-order valence-electron chi connectivity index (χ1n) is 6.08. The first kappa shape index (κ1) is 13.6. The summed E-state index contributed by atoms with van der Waals surface area (Å²) in [5, 5.41) is 10.1. The van der Waals surface area contributed by atoms with E-state index in [9.17, 15) is 13.2 Å². The Bertz CT molecular complexity index is 580. The van der Waals surface area contributed by atoms with Gasteiger partial charge < -0.3 is 0 Å². The third-order valence-electron chi connectivity index (χ3n) is 2.95. The molecule has 7 heteroatoms. The highest BCUT2D eigenvalue weighted by molar-refractivity contribution is 5.44. The lowest BCUT2D eigenvalue weighted by atomic mass is 10.2. The van der Waals surface area contributed by atoms with Crippen molar-refractivity contribution in [1.82, 2.24) is 20.0 Å². The number of aromatic amines is 1. The monoisotopic (exact) mass is 272 g/mol. The van der Waals surface area contributed by atoms with Gasteiger partial charge in [-0.3, -0.25) is 5.10 Å². The average molecular weight is 272 g/mol. The zero-order valence-electron chi connectivity index (χ0n) is 11.0. The summed E-state index contributed by atoms with van der Waals surface area (Å²) in [6.07, 6.45) is -3.39. The number of hydrogen-bond donors (Lipinski definition) is 1. The highest BCUT2D eigenvalue weighted by atomic mass is 19.4. The Morgan fingerprint density at radius 2 is 1.95 bits per heavy atom. The van der Waals surface area contributed by atoms with Gasteiger partial charge in [0, 0.05) is 5.69 Å². The number of alkyl halides is 3. The molecule has 0 amide bonds. The molecule has 0 atom stereocenters. The highest BCUT2D eigenvalue weighted by Crippen LogP contribution is 2.34. The number of halogens is 3. The van der Waals surface area contributed by atoms with Gasteiger partial charge in [0.25, 0.3) is 0 Å².